The molecule has 0 aromatic rings. The Morgan fingerprint density at radius 2 is 1.90 bits per heavy atom. The Labute approximate surface area is 133 Å². The molecule has 0 radical (unpaired) electrons. The molecule has 0 spiro atoms. The summed E-state index contributed by atoms with van der Waals surface area (Å²) in [5.41, 5.74) is 0.583. The minimum Gasteiger partial charge on any atom is -0.316 e. The third-order valence-corrected chi connectivity index (χ3v) is 6.13. The molecular weight excluding hydrogens is 254 g/mol. The maximum atomic E-state index is 3.76. The van der Waals surface area contributed by atoms with E-state index in [2.05, 4.69) is 39.9 Å². The third kappa shape index (κ3) is 5.27. The average Bonchev–Trinajstić information content (AvgIpc) is 2.39. The Kier molecular flexibility index (Phi) is 6.17. The van der Waals surface area contributed by atoms with Crippen molar-refractivity contribution in [2.24, 2.45) is 35.0 Å². The van der Waals surface area contributed by atoms with Crippen LogP contribution in [0.3, 0.4) is 0 Å². The second kappa shape index (κ2) is 7.49. The SMILES string of the molecule is CC(C)CNCC1CCC(C)(C)CC1C1CCCC(C)C1. The summed E-state index contributed by atoms with van der Waals surface area (Å²) >= 11 is 0. The number of hydrogen-bond donors (Lipinski definition) is 1. The molecule has 2 fully saturated rings. The normalized spacial score (nSPS) is 36.9. The summed E-state index contributed by atoms with van der Waals surface area (Å²) in [4.78, 5) is 0. The van der Waals surface area contributed by atoms with Crippen molar-refractivity contribution in [3.05, 3.63) is 0 Å². The predicted octanol–water partition coefficient (Wildman–Crippen LogP) is 5.50. The van der Waals surface area contributed by atoms with Gasteiger partial charge < -0.3 is 5.32 Å². The van der Waals surface area contributed by atoms with Crippen molar-refractivity contribution < 1.29 is 0 Å². The zero-order valence-corrected chi connectivity index (χ0v) is 15.3. The van der Waals surface area contributed by atoms with Gasteiger partial charge in [-0.2, -0.15) is 0 Å². The van der Waals surface area contributed by atoms with Crippen molar-refractivity contribution in [2.75, 3.05) is 13.1 Å². The van der Waals surface area contributed by atoms with Gasteiger partial charge in [-0.25, -0.2) is 0 Å². The van der Waals surface area contributed by atoms with Crippen LogP contribution in [0.2, 0.25) is 0 Å². The summed E-state index contributed by atoms with van der Waals surface area (Å²) in [5.74, 6) is 4.68. The van der Waals surface area contributed by atoms with Crippen LogP contribution in [0, 0.1) is 35.0 Å². The molecule has 2 aliphatic rings. The molecule has 1 heteroatoms. The maximum Gasteiger partial charge on any atom is -0.00176 e. The molecule has 2 rings (SSSR count). The van der Waals surface area contributed by atoms with Gasteiger partial charge in [-0.1, -0.05) is 53.9 Å². The van der Waals surface area contributed by atoms with Crippen molar-refractivity contribution in [2.45, 2.75) is 79.6 Å². The Morgan fingerprint density at radius 1 is 1.14 bits per heavy atom. The van der Waals surface area contributed by atoms with E-state index in [1.165, 1.54) is 58.0 Å². The van der Waals surface area contributed by atoms with Crippen LogP contribution in [0.1, 0.15) is 79.6 Å². The zero-order valence-electron chi connectivity index (χ0n) is 15.3. The van der Waals surface area contributed by atoms with E-state index in [1.807, 2.05) is 0 Å². The minimum absolute atomic E-state index is 0.583. The number of nitrogens with one attached hydrogen (secondary N) is 1. The van der Waals surface area contributed by atoms with E-state index in [4.69, 9.17) is 0 Å². The highest BCUT2D eigenvalue weighted by molar-refractivity contribution is 4.90. The fraction of sp³-hybridized carbons (Fsp3) is 1.00. The molecule has 0 aliphatic heterocycles. The van der Waals surface area contributed by atoms with Crippen molar-refractivity contribution >= 4 is 0 Å². The maximum absolute atomic E-state index is 3.76. The molecule has 0 amide bonds. The first-order valence-electron chi connectivity index (χ1n) is 9.58. The second-order valence-electron chi connectivity index (χ2n) is 9.41. The third-order valence-electron chi connectivity index (χ3n) is 6.13. The van der Waals surface area contributed by atoms with Crippen molar-refractivity contribution in [3.8, 4) is 0 Å². The topological polar surface area (TPSA) is 12.0 Å². The van der Waals surface area contributed by atoms with Crippen LogP contribution in [0.4, 0.5) is 0 Å². The zero-order chi connectivity index (χ0) is 15.5. The summed E-state index contributed by atoms with van der Waals surface area (Å²) in [5, 5.41) is 3.76. The summed E-state index contributed by atoms with van der Waals surface area (Å²) in [6, 6.07) is 0. The second-order valence-corrected chi connectivity index (χ2v) is 9.41. The molecule has 21 heavy (non-hydrogen) atoms. The summed E-state index contributed by atoms with van der Waals surface area (Å²) < 4.78 is 0. The predicted molar refractivity (Wildman–Crippen MR) is 93.4 cm³/mol. The lowest BCUT2D eigenvalue weighted by Gasteiger charge is -2.46. The quantitative estimate of drug-likeness (QED) is 0.705. The van der Waals surface area contributed by atoms with Gasteiger partial charge in [0.05, 0.1) is 0 Å². The fourth-order valence-corrected chi connectivity index (χ4v) is 4.93. The van der Waals surface area contributed by atoms with Crippen molar-refractivity contribution in [1.82, 2.24) is 5.32 Å². The fourth-order valence-electron chi connectivity index (χ4n) is 4.93. The van der Waals surface area contributed by atoms with Gasteiger partial charge in [-0.05, 0) is 73.8 Å². The summed E-state index contributed by atoms with van der Waals surface area (Å²) in [6.07, 6.45) is 10.3. The van der Waals surface area contributed by atoms with E-state index >= 15 is 0 Å². The first-order chi connectivity index (χ1) is 9.87. The molecule has 1 N–H and O–H groups in total. The Morgan fingerprint density at radius 3 is 2.57 bits per heavy atom. The van der Waals surface area contributed by atoms with Crippen molar-refractivity contribution in [1.29, 1.82) is 0 Å². The molecule has 2 saturated carbocycles. The Hall–Kier alpha value is -0.0400. The monoisotopic (exact) mass is 293 g/mol. The van der Waals surface area contributed by atoms with E-state index in [1.54, 1.807) is 0 Å². The van der Waals surface area contributed by atoms with Gasteiger partial charge in [0.2, 0.25) is 0 Å². The van der Waals surface area contributed by atoms with Gasteiger partial charge in [0.15, 0.2) is 0 Å². The van der Waals surface area contributed by atoms with E-state index in [9.17, 15) is 0 Å². The Bertz CT molecular complexity index is 307. The van der Waals surface area contributed by atoms with E-state index in [-0.39, 0.29) is 0 Å². The van der Waals surface area contributed by atoms with Gasteiger partial charge in [0.1, 0.15) is 0 Å². The molecule has 2 aliphatic carbocycles. The molecule has 0 bridgehead atoms. The highest BCUT2D eigenvalue weighted by Crippen LogP contribution is 2.48. The van der Waals surface area contributed by atoms with Crippen LogP contribution in [0.25, 0.3) is 0 Å². The molecule has 0 aromatic carbocycles. The van der Waals surface area contributed by atoms with Gasteiger partial charge >= 0.3 is 0 Å². The first-order valence-corrected chi connectivity index (χ1v) is 9.58. The lowest BCUT2D eigenvalue weighted by molar-refractivity contribution is 0.0483. The molecule has 1 nitrogen and oxygen atoms in total. The molecule has 4 unspecified atom stereocenters. The average molecular weight is 294 g/mol. The van der Waals surface area contributed by atoms with Crippen LogP contribution < -0.4 is 5.32 Å². The van der Waals surface area contributed by atoms with E-state index in [0.29, 0.717) is 5.41 Å². The van der Waals surface area contributed by atoms with Gasteiger partial charge in [-0.3, -0.25) is 0 Å². The van der Waals surface area contributed by atoms with E-state index in [0.717, 1.165) is 29.6 Å². The van der Waals surface area contributed by atoms with Crippen molar-refractivity contribution in [3.63, 3.8) is 0 Å². The molecule has 0 saturated heterocycles. The smallest absolute Gasteiger partial charge is 0.00176 e. The molecule has 124 valence electrons. The Balaban J connectivity index is 1.96. The van der Waals surface area contributed by atoms with Crippen LogP contribution in [0.5, 0.6) is 0 Å². The number of rotatable bonds is 5. The summed E-state index contributed by atoms with van der Waals surface area (Å²) in [7, 11) is 0. The highest BCUT2D eigenvalue weighted by atomic mass is 14.9. The first kappa shape index (κ1) is 17.3. The molecule has 0 aromatic heterocycles. The lowest BCUT2D eigenvalue weighted by Crippen LogP contribution is -2.41. The molecular formula is C20H39N. The summed E-state index contributed by atoms with van der Waals surface area (Å²) in [6.45, 7) is 14.6. The molecule has 0 heterocycles. The largest absolute Gasteiger partial charge is 0.316 e. The molecule has 4 atom stereocenters. The highest BCUT2D eigenvalue weighted by Gasteiger charge is 2.39. The minimum atomic E-state index is 0.583. The lowest BCUT2D eigenvalue weighted by atomic mass is 9.60. The van der Waals surface area contributed by atoms with E-state index < -0.39 is 0 Å². The number of hydrogen-bond acceptors (Lipinski definition) is 1. The standard InChI is InChI=1S/C20H39N/c1-15(2)13-21-14-18-9-10-20(4,5)12-19(18)17-8-6-7-16(3)11-17/h15-19,21H,6-14H2,1-5H3. The van der Waals surface area contributed by atoms with Gasteiger partial charge in [0.25, 0.3) is 0 Å². The van der Waals surface area contributed by atoms with Crippen LogP contribution >= 0.6 is 0 Å². The van der Waals surface area contributed by atoms with Gasteiger partial charge in [-0.15, -0.1) is 0 Å². The van der Waals surface area contributed by atoms with Crippen LogP contribution in [-0.4, -0.2) is 13.1 Å². The van der Waals surface area contributed by atoms with Gasteiger partial charge in [0, 0.05) is 0 Å². The van der Waals surface area contributed by atoms with Crippen LogP contribution in [0.15, 0.2) is 0 Å². The van der Waals surface area contributed by atoms with Crippen LogP contribution in [-0.2, 0) is 0 Å².